The van der Waals surface area contributed by atoms with E-state index >= 15 is 0 Å². The molecule has 1 aromatic heterocycles. The normalized spacial score (nSPS) is 10.1. The molecule has 0 aliphatic rings. The van der Waals surface area contributed by atoms with Gasteiger partial charge in [-0.05, 0) is 29.8 Å². The maximum Gasteiger partial charge on any atom is 0.238 e. The Balaban J connectivity index is 2.06. The lowest BCUT2D eigenvalue weighted by atomic mass is 10.2. The third-order valence-corrected chi connectivity index (χ3v) is 2.45. The topological polar surface area (TPSA) is 60.2 Å². The average molecular weight is 247 g/mol. The van der Waals surface area contributed by atoms with Crippen LogP contribution in [0.1, 0.15) is 5.56 Å². The first-order valence-electron chi connectivity index (χ1n) is 5.48. The summed E-state index contributed by atoms with van der Waals surface area (Å²) in [5.74, 6) is 0.752. The lowest BCUT2D eigenvalue weighted by molar-refractivity contribution is 0.401. The van der Waals surface area contributed by atoms with Crippen molar-refractivity contribution >= 4 is 11.5 Å². The average Bonchev–Trinajstić information content (AvgIpc) is 2.38. The van der Waals surface area contributed by atoms with Crippen LogP contribution >= 0.6 is 0 Å². The highest BCUT2D eigenvalue weighted by molar-refractivity contribution is 5.53. The van der Waals surface area contributed by atoms with Crippen LogP contribution in [0.3, 0.4) is 0 Å². The molecule has 2 rings (SSSR count). The van der Waals surface area contributed by atoms with Crippen molar-refractivity contribution in [2.24, 2.45) is 0 Å². The van der Waals surface area contributed by atoms with Gasteiger partial charge in [0.2, 0.25) is 5.88 Å². The Kier molecular flexibility index (Phi) is 3.62. The van der Waals surface area contributed by atoms with Gasteiger partial charge in [-0.2, -0.15) is 4.98 Å². The largest absolute Gasteiger partial charge is 0.479 e. The number of hydrogen-bond acceptors (Lipinski definition) is 4. The molecule has 0 amide bonds. The van der Waals surface area contributed by atoms with Crippen molar-refractivity contribution < 1.29 is 9.13 Å². The summed E-state index contributed by atoms with van der Waals surface area (Å²) in [5.41, 5.74) is 6.98. The Morgan fingerprint density at radius 3 is 2.89 bits per heavy atom. The molecule has 94 valence electrons. The van der Waals surface area contributed by atoms with Gasteiger partial charge in [0.1, 0.15) is 11.6 Å². The predicted molar refractivity (Wildman–Crippen MR) is 68.9 cm³/mol. The number of pyridine rings is 1. The number of anilines is 2. The van der Waals surface area contributed by atoms with Crippen LogP contribution in [-0.2, 0) is 6.54 Å². The zero-order valence-corrected chi connectivity index (χ0v) is 9.98. The first-order valence-corrected chi connectivity index (χ1v) is 5.48. The zero-order valence-electron chi connectivity index (χ0n) is 9.98. The van der Waals surface area contributed by atoms with E-state index in [4.69, 9.17) is 10.5 Å². The van der Waals surface area contributed by atoms with Crippen molar-refractivity contribution in [3.05, 3.63) is 47.8 Å². The summed E-state index contributed by atoms with van der Waals surface area (Å²) < 4.78 is 18.0. The molecule has 0 aliphatic heterocycles. The molecular weight excluding hydrogens is 233 g/mol. The fraction of sp³-hybridized carbons (Fsp3) is 0.154. The van der Waals surface area contributed by atoms with Crippen molar-refractivity contribution in [2.45, 2.75) is 6.54 Å². The highest BCUT2D eigenvalue weighted by Crippen LogP contribution is 2.20. The van der Waals surface area contributed by atoms with E-state index in [0.717, 1.165) is 5.56 Å². The summed E-state index contributed by atoms with van der Waals surface area (Å²) >= 11 is 0. The van der Waals surface area contributed by atoms with Crippen LogP contribution in [0.15, 0.2) is 36.4 Å². The maximum absolute atomic E-state index is 13.0. The van der Waals surface area contributed by atoms with E-state index in [1.54, 1.807) is 18.2 Å². The molecule has 1 heterocycles. The lowest BCUT2D eigenvalue weighted by Gasteiger charge is -2.08. The highest BCUT2D eigenvalue weighted by atomic mass is 19.1. The standard InChI is InChI=1S/C13H14FN3O/c1-18-13-11(15)5-6-12(17-13)16-8-9-3-2-4-10(14)7-9/h2-7H,8,15H2,1H3,(H,16,17). The summed E-state index contributed by atoms with van der Waals surface area (Å²) in [4.78, 5) is 4.18. The number of aromatic nitrogens is 1. The van der Waals surface area contributed by atoms with Crippen LogP contribution in [0.5, 0.6) is 5.88 Å². The Morgan fingerprint density at radius 1 is 1.33 bits per heavy atom. The number of methoxy groups -OCH3 is 1. The molecule has 0 bridgehead atoms. The van der Waals surface area contributed by atoms with Crippen LogP contribution in [0.4, 0.5) is 15.9 Å². The summed E-state index contributed by atoms with van der Waals surface area (Å²) in [6.07, 6.45) is 0. The molecule has 2 aromatic rings. The van der Waals surface area contributed by atoms with Gasteiger partial charge >= 0.3 is 0 Å². The van der Waals surface area contributed by atoms with Crippen LogP contribution in [0.25, 0.3) is 0 Å². The molecule has 0 fully saturated rings. The van der Waals surface area contributed by atoms with Crippen molar-refractivity contribution in [1.82, 2.24) is 4.98 Å². The number of benzene rings is 1. The maximum atomic E-state index is 13.0. The molecule has 0 spiro atoms. The van der Waals surface area contributed by atoms with Crippen molar-refractivity contribution in [2.75, 3.05) is 18.2 Å². The molecule has 0 saturated carbocycles. The number of hydrogen-bond donors (Lipinski definition) is 2. The Morgan fingerprint density at radius 2 is 2.17 bits per heavy atom. The second-order valence-corrected chi connectivity index (χ2v) is 3.78. The molecule has 0 atom stereocenters. The van der Waals surface area contributed by atoms with Crippen LogP contribution < -0.4 is 15.8 Å². The quantitative estimate of drug-likeness (QED) is 0.871. The molecule has 5 heteroatoms. The van der Waals surface area contributed by atoms with Crippen LogP contribution in [0, 0.1) is 5.82 Å². The van der Waals surface area contributed by atoms with Gasteiger partial charge in [0.05, 0.1) is 12.8 Å². The fourth-order valence-corrected chi connectivity index (χ4v) is 1.55. The van der Waals surface area contributed by atoms with Gasteiger partial charge < -0.3 is 15.8 Å². The molecule has 4 nitrogen and oxygen atoms in total. The second-order valence-electron chi connectivity index (χ2n) is 3.78. The van der Waals surface area contributed by atoms with Crippen LogP contribution in [-0.4, -0.2) is 12.1 Å². The lowest BCUT2D eigenvalue weighted by Crippen LogP contribution is -2.03. The fourth-order valence-electron chi connectivity index (χ4n) is 1.55. The molecule has 18 heavy (non-hydrogen) atoms. The zero-order chi connectivity index (χ0) is 13.0. The minimum atomic E-state index is -0.253. The third-order valence-electron chi connectivity index (χ3n) is 2.45. The summed E-state index contributed by atoms with van der Waals surface area (Å²) in [5, 5.41) is 3.08. The Labute approximate surface area is 105 Å². The highest BCUT2D eigenvalue weighted by Gasteiger charge is 2.02. The molecule has 0 radical (unpaired) electrons. The van der Waals surface area contributed by atoms with Gasteiger partial charge in [-0.15, -0.1) is 0 Å². The van der Waals surface area contributed by atoms with Crippen LogP contribution in [0.2, 0.25) is 0 Å². The number of nitrogens with zero attached hydrogens (tertiary/aromatic N) is 1. The van der Waals surface area contributed by atoms with Gasteiger partial charge in [0, 0.05) is 6.54 Å². The Hall–Kier alpha value is -2.30. The molecular formula is C13H14FN3O. The minimum absolute atomic E-state index is 0.253. The third kappa shape index (κ3) is 2.88. The molecule has 0 saturated heterocycles. The van der Waals surface area contributed by atoms with E-state index in [2.05, 4.69) is 10.3 Å². The number of nitrogen functional groups attached to an aromatic ring is 1. The predicted octanol–water partition coefficient (Wildman–Crippen LogP) is 2.42. The second kappa shape index (κ2) is 5.35. The van der Waals surface area contributed by atoms with E-state index in [1.807, 2.05) is 6.07 Å². The van der Waals surface area contributed by atoms with Crippen molar-refractivity contribution in [1.29, 1.82) is 0 Å². The smallest absolute Gasteiger partial charge is 0.238 e. The molecule has 3 N–H and O–H groups in total. The number of rotatable bonds is 4. The number of halogens is 1. The van der Waals surface area contributed by atoms with Gasteiger partial charge in [-0.3, -0.25) is 0 Å². The summed E-state index contributed by atoms with van der Waals surface area (Å²) in [7, 11) is 1.51. The minimum Gasteiger partial charge on any atom is -0.479 e. The Bertz CT molecular complexity index is 546. The van der Waals surface area contributed by atoms with Gasteiger partial charge in [0.25, 0.3) is 0 Å². The first kappa shape index (κ1) is 12.2. The number of nitrogens with two attached hydrogens (primary N) is 1. The van der Waals surface area contributed by atoms with Gasteiger partial charge in [0.15, 0.2) is 0 Å². The van der Waals surface area contributed by atoms with Crippen molar-refractivity contribution in [3.8, 4) is 5.88 Å². The van der Waals surface area contributed by atoms with E-state index in [0.29, 0.717) is 23.9 Å². The van der Waals surface area contributed by atoms with E-state index in [1.165, 1.54) is 19.2 Å². The summed E-state index contributed by atoms with van der Waals surface area (Å²) in [6, 6.07) is 9.85. The van der Waals surface area contributed by atoms with E-state index in [9.17, 15) is 4.39 Å². The van der Waals surface area contributed by atoms with Crippen molar-refractivity contribution in [3.63, 3.8) is 0 Å². The van der Waals surface area contributed by atoms with E-state index < -0.39 is 0 Å². The first-order chi connectivity index (χ1) is 8.69. The van der Waals surface area contributed by atoms with E-state index in [-0.39, 0.29) is 5.82 Å². The number of nitrogens with one attached hydrogen (secondary N) is 1. The van der Waals surface area contributed by atoms with Gasteiger partial charge in [-0.1, -0.05) is 12.1 Å². The SMILES string of the molecule is COc1nc(NCc2cccc(F)c2)ccc1N. The number of ether oxygens (including phenoxy) is 1. The summed E-state index contributed by atoms with van der Waals surface area (Å²) in [6.45, 7) is 0.484. The molecule has 0 unspecified atom stereocenters. The van der Waals surface area contributed by atoms with Gasteiger partial charge in [-0.25, -0.2) is 4.39 Å². The monoisotopic (exact) mass is 247 g/mol. The molecule has 0 aliphatic carbocycles. The molecule has 1 aromatic carbocycles.